The Bertz CT molecular complexity index is 1060. The molecule has 0 spiro atoms. The van der Waals surface area contributed by atoms with E-state index in [1.807, 2.05) is 0 Å². The highest BCUT2D eigenvalue weighted by molar-refractivity contribution is 5.90. The Kier molecular flexibility index (Phi) is 8.29. The molecule has 3 aromatic rings. The Labute approximate surface area is 208 Å². The molecule has 1 saturated heterocycles. The fourth-order valence-electron chi connectivity index (χ4n) is 5.87. The molecule has 0 bridgehead atoms. The third-order valence-electron chi connectivity index (χ3n) is 7.81. The summed E-state index contributed by atoms with van der Waals surface area (Å²) in [6.45, 7) is 5.93. The number of nitrogens with zero attached hydrogens (tertiary/aromatic N) is 3. The first-order valence-corrected chi connectivity index (χ1v) is 13.4. The fraction of sp³-hybridized carbons (Fsp3) is 0.571. The standard InChI is InChI=1S/C28H40N6O/c29-27-26-25(23-10-15-35-16-11-23)19-34(28(26)33-20-32-27)24-8-7-22(17-24)18-31-13-4-12-30-14-9-21-5-2-1-3-6-21/h1-3,5-6,19-20,22-24,30-31H,4,7-18H2,(H2,29,32,33). The van der Waals surface area contributed by atoms with E-state index in [1.54, 1.807) is 6.33 Å². The van der Waals surface area contributed by atoms with E-state index in [0.29, 0.717) is 23.7 Å². The van der Waals surface area contributed by atoms with Gasteiger partial charge in [0, 0.05) is 25.5 Å². The number of hydrogen-bond acceptors (Lipinski definition) is 6. The topological polar surface area (TPSA) is 90.0 Å². The number of ether oxygens (including phenoxy) is 1. The zero-order valence-corrected chi connectivity index (χ0v) is 20.8. The molecule has 2 unspecified atom stereocenters. The van der Waals surface area contributed by atoms with Crippen LogP contribution in [0.25, 0.3) is 11.0 Å². The number of fused-ring (bicyclic) bond motifs is 1. The molecule has 1 aliphatic heterocycles. The summed E-state index contributed by atoms with van der Waals surface area (Å²) in [6.07, 6.45) is 12.0. The molecule has 2 fully saturated rings. The number of rotatable bonds is 11. The van der Waals surface area contributed by atoms with E-state index in [4.69, 9.17) is 10.5 Å². The van der Waals surface area contributed by atoms with Gasteiger partial charge < -0.3 is 25.7 Å². The fourth-order valence-corrected chi connectivity index (χ4v) is 5.87. The van der Waals surface area contributed by atoms with E-state index in [1.165, 1.54) is 30.4 Å². The Morgan fingerprint density at radius 2 is 1.80 bits per heavy atom. The van der Waals surface area contributed by atoms with Gasteiger partial charge in [-0.15, -0.1) is 0 Å². The van der Waals surface area contributed by atoms with Crippen LogP contribution in [0.3, 0.4) is 0 Å². The SMILES string of the molecule is Nc1ncnc2c1c(C1CCOCC1)cn2C1CCC(CNCCCNCCc2ccccc2)C1. The molecule has 1 aliphatic carbocycles. The maximum Gasteiger partial charge on any atom is 0.146 e. The molecular weight excluding hydrogens is 436 g/mol. The molecule has 7 heteroatoms. The molecule has 4 N–H and O–H groups in total. The Morgan fingerprint density at radius 3 is 2.66 bits per heavy atom. The molecule has 0 radical (unpaired) electrons. The summed E-state index contributed by atoms with van der Waals surface area (Å²) < 4.78 is 8.01. The van der Waals surface area contributed by atoms with Gasteiger partial charge in [-0.1, -0.05) is 30.3 Å². The third kappa shape index (κ3) is 6.02. The number of anilines is 1. The van der Waals surface area contributed by atoms with E-state index >= 15 is 0 Å². The van der Waals surface area contributed by atoms with Crippen molar-refractivity contribution in [1.29, 1.82) is 0 Å². The minimum absolute atomic E-state index is 0.487. The average Bonchev–Trinajstić information content (AvgIpc) is 3.52. The number of nitrogens with two attached hydrogens (primary N) is 1. The number of nitrogens with one attached hydrogen (secondary N) is 2. The first kappa shape index (κ1) is 24.2. The molecule has 188 valence electrons. The van der Waals surface area contributed by atoms with Crippen LogP contribution < -0.4 is 16.4 Å². The summed E-state index contributed by atoms with van der Waals surface area (Å²) in [7, 11) is 0. The lowest BCUT2D eigenvalue weighted by molar-refractivity contribution is 0.0855. The lowest BCUT2D eigenvalue weighted by Gasteiger charge is -2.21. The summed E-state index contributed by atoms with van der Waals surface area (Å²) in [5.74, 6) is 1.82. The summed E-state index contributed by atoms with van der Waals surface area (Å²) in [4.78, 5) is 8.99. The van der Waals surface area contributed by atoms with Crippen LogP contribution in [0.15, 0.2) is 42.9 Å². The van der Waals surface area contributed by atoms with Crippen LogP contribution in [0.5, 0.6) is 0 Å². The van der Waals surface area contributed by atoms with Crippen molar-refractivity contribution in [2.24, 2.45) is 5.92 Å². The Morgan fingerprint density at radius 1 is 0.971 bits per heavy atom. The Balaban J connectivity index is 1.08. The molecule has 1 aromatic carbocycles. The second-order valence-corrected chi connectivity index (χ2v) is 10.2. The van der Waals surface area contributed by atoms with Gasteiger partial charge in [0.25, 0.3) is 0 Å². The van der Waals surface area contributed by atoms with Crippen LogP contribution in [-0.2, 0) is 11.2 Å². The minimum atomic E-state index is 0.487. The van der Waals surface area contributed by atoms with Gasteiger partial charge in [0.05, 0.1) is 5.39 Å². The van der Waals surface area contributed by atoms with E-state index in [9.17, 15) is 0 Å². The van der Waals surface area contributed by atoms with Crippen LogP contribution in [-0.4, -0.2) is 53.9 Å². The number of hydrogen-bond donors (Lipinski definition) is 3. The van der Waals surface area contributed by atoms with Gasteiger partial charge >= 0.3 is 0 Å². The summed E-state index contributed by atoms with van der Waals surface area (Å²) >= 11 is 0. The minimum Gasteiger partial charge on any atom is -0.383 e. The van der Waals surface area contributed by atoms with E-state index < -0.39 is 0 Å². The van der Waals surface area contributed by atoms with Gasteiger partial charge in [-0.25, -0.2) is 9.97 Å². The van der Waals surface area contributed by atoms with Crippen molar-refractivity contribution in [3.63, 3.8) is 0 Å². The maximum atomic E-state index is 6.35. The Hall–Kier alpha value is -2.48. The summed E-state index contributed by atoms with van der Waals surface area (Å²) in [6, 6.07) is 11.2. The molecule has 1 saturated carbocycles. The second-order valence-electron chi connectivity index (χ2n) is 10.2. The van der Waals surface area contributed by atoms with Crippen molar-refractivity contribution >= 4 is 16.9 Å². The van der Waals surface area contributed by atoms with E-state index in [2.05, 4.69) is 61.7 Å². The quantitative estimate of drug-likeness (QED) is 0.362. The molecule has 2 aromatic heterocycles. The third-order valence-corrected chi connectivity index (χ3v) is 7.81. The first-order chi connectivity index (χ1) is 17.3. The zero-order valence-electron chi connectivity index (χ0n) is 20.8. The first-order valence-electron chi connectivity index (χ1n) is 13.4. The van der Waals surface area contributed by atoms with Crippen LogP contribution in [0.2, 0.25) is 0 Å². The van der Waals surface area contributed by atoms with Gasteiger partial charge in [-0.05, 0) is 94.1 Å². The predicted molar refractivity (Wildman–Crippen MR) is 142 cm³/mol. The van der Waals surface area contributed by atoms with Gasteiger partial charge in [0.15, 0.2) is 0 Å². The highest BCUT2D eigenvalue weighted by Crippen LogP contribution is 2.41. The second kappa shape index (κ2) is 12.0. The van der Waals surface area contributed by atoms with Crippen molar-refractivity contribution in [3.05, 3.63) is 54.0 Å². The van der Waals surface area contributed by atoms with Crippen molar-refractivity contribution in [3.8, 4) is 0 Å². The van der Waals surface area contributed by atoms with Crippen LogP contribution in [0.1, 0.15) is 61.6 Å². The van der Waals surface area contributed by atoms with Crippen LogP contribution in [0, 0.1) is 5.92 Å². The van der Waals surface area contributed by atoms with Gasteiger partial charge in [0.1, 0.15) is 17.8 Å². The predicted octanol–water partition coefficient (Wildman–Crippen LogP) is 4.06. The van der Waals surface area contributed by atoms with Crippen molar-refractivity contribution < 1.29 is 4.74 Å². The molecule has 35 heavy (non-hydrogen) atoms. The smallest absolute Gasteiger partial charge is 0.146 e. The van der Waals surface area contributed by atoms with Crippen molar-refractivity contribution in [2.45, 2.75) is 56.9 Å². The molecular formula is C28H40N6O. The normalized spacial score (nSPS) is 21.1. The largest absolute Gasteiger partial charge is 0.383 e. The highest BCUT2D eigenvalue weighted by Gasteiger charge is 2.30. The number of aromatic nitrogens is 3. The molecule has 0 amide bonds. The summed E-state index contributed by atoms with van der Waals surface area (Å²) in [5.41, 5.74) is 10.1. The van der Waals surface area contributed by atoms with Crippen molar-refractivity contribution in [2.75, 3.05) is 45.1 Å². The lowest BCUT2D eigenvalue weighted by Crippen LogP contribution is -2.26. The number of nitrogen functional groups attached to an aromatic ring is 1. The molecule has 5 rings (SSSR count). The van der Waals surface area contributed by atoms with Crippen LogP contribution >= 0.6 is 0 Å². The zero-order chi connectivity index (χ0) is 23.9. The van der Waals surface area contributed by atoms with E-state index in [0.717, 1.165) is 76.1 Å². The average molecular weight is 477 g/mol. The van der Waals surface area contributed by atoms with Gasteiger partial charge in [-0.2, -0.15) is 0 Å². The van der Waals surface area contributed by atoms with Gasteiger partial charge in [0.2, 0.25) is 0 Å². The molecule has 2 aliphatic rings. The summed E-state index contributed by atoms with van der Waals surface area (Å²) in [5, 5.41) is 8.34. The van der Waals surface area contributed by atoms with E-state index in [-0.39, 0.29) is 0 Å². The molecule has 7 nitrogen and oxygen atoms in total. The monoisotopic (exact) mass is 476 g/mol. The maximum absolute atomic E-state index is 6.35. The van der Waals surface area contributed by atoms with Gasteiger partial charge in [-0.3, -0.25) is 0 Å². The number of benzene rings is 1. The lowest BCUT2D eigenvalue weighted by atomic mass is 9.92. The van der Waals surface area contributed by atoms with Crippen molar-refractivity contribution in [1.82, 2.24) is 25.2 Å². The highest BCUT2D eigenvalue weighted by atomic mass is 16.5. The molecule has 2 atom stereocenters. The van der Waals surface area contributed by atoms with Crippen LogP contribution in [0.4, 0.5) is 5.82 Å². The molecule has 3 heterocycles.